The Bertz CT molecular complexity index is 917. The average molecular weight is 297 g/mol. The van der Waals surface area contributed by atoms with E-state index in [-0.39, 0.29) is 11.6 Å². The molecule has 23 heavy (non-hydrogen) atoms. The number of nitrogens with one attached hydrogen (secondary N) is 1. The topological polar surface area (TPSA) is 21.3 Å². The van der Waals surface area contributed by atoms with Crippen molar-refractivity contribution in [2.75, 3.05) is 5.32 Å². The van der Waals surface area contributed by atoms with Crippen LogP contribution in [0.4, 0.5) is 5.69 Å². The highest BCUT2D eigenvalue weighted by molar-refractivity contribution is 5.78. The summed E-state index contributed by atoms with van der Waals surface area (Å²) in [5, 5.41) is 3.66. The van der Waals surface area contributed by atoms with Crippen molar-refractivity contribution >= 4 is 5.69 Å². The molecule has 2 atom stereocenters. The van der Waals surface area contributed by atoms with Crippen LogP contribution < -0.4 is 10.1 Å². The molecule has 1 heterocycles. The first-order valence-corrected chi connectivity index (χ1v) is 7.83. The maximum absolute atomic E-state index is 6.41. The summed E-state index contributed by atoms with van der Waals surface area (Å²) in [5.74, 6) is 0.834. The van der Waals surface area contributed by atoms with E-state index in [0.29, 0.717) is 0 Å². The minimum Gasteiger partial charge on any atom is -0.480 e. The zero-order valence-electron chi connectivity index (χ0n) is 12.8. The van der Waals surface area contributed by atoms with E-state index in [1.54, 1.807) is 0 Å². The van der Waals surface area contributed by atoms with E-state index in [1.165, 1.54) is 22.3 Å². The number of ether oxygens (including phenoxy) is 1. The quantitative estimate of drug-likeness (QED) is 0.648. The smallest absolute Gasteiger partial charge is 0.152 e. The zero-order valence-corrected chi connectivity index (χ0v) is 12.8. The molecule has 110 valence electrons. The summed E-state index contributed by atoms with van der Waals surface area (Å²) in [6.45, 7) is 2.20. The lowest BCUT2D eigenvalue weighted by atomic mass is 9.71. The van der Waals surface area contributed by atoms with Gasteiger partial charge >= 0.3 is 0 Å². The number of fused-ring (bicyclic) bond motifs is 7. The summed E-state index contributed by atoms with van der Waals surface area (Å²) in [7, 11) is 0. The maximum atomic E-state index is 6.41. The minimum atomic E-state index is -0.330. The standard InChI is InChI=1S/C21H15NO/c1-21-17-11-5-4-9-15(17)14-8-2-3-10-16(14)20(21)23-19-13-7-6-12-18(19)22-21/h2-5,7-11,13,20,22H,1H3/t20?,21-/m0/s1. The van der Waals surface area contributed by atoms with E-state index in [9.17, 15) is 0 Å². The van der Waals surface area contributed by atoms with Crippen LogP contribution in [0.15, 0.2) is 60.7 Å². The predicted octanol–water partition coefficient (Wildman–Crippen LogP) is 4.73. The van der Waals surface area contributed by atoms with Crippen molar-refractivity contribution in [2.24, 2.45) is 0 Å². The summed E-state index contributed by atoms with van der Waals surface area (Å²) in [6.07, 6.45) is -0.0723. The molecule has 2 aliphatic rings. The Balaban J connectivity index is 1.82. The van der Waals surface area contributed by atoms with Crippen molar-refractivity contribution in [1.82, 2.24) is 0 Å². The SMILES string of the molecule is C[C@@]12Nc3c#cccc3OC1c1ccccc1-c1ccccc12. The normalized spacial score (nSPS) is 23.1. The van der Waals surface area contributed by atoms with Crippen molar-refractivity contribution in [1.29, 1.82) is 0 Å². The van der Waals surface area contributed by atoms with Crippen LogP contribution in [0, 0.1) is 12.1 Å². The molecule has 0 saturated heterocycles. The van der Waals surface area contributed by atoms with Gasteiger partial charge in [-0.25, -0.2) is 0 Å². The molecule has 0 saturated carbocycles. The molecule has 3 aromatic carbocycles. The monoisotopic (exact) mass is 297 g/mol. The molecule has 5 rings (SSSR count). The second-order valence-corrected chi connectivity index (χ2v) is 6.30. The Hall–Kier alpha value is -2.92. The fraction of sp³-hybridized carbons (Fsp3) is 0.143. The second kappa shape index (κ2) is 4.30. The van der Waals surface area contributed by atoms with E-state index < -0.39 is 0 Å². The number of hydrogen-bond donors (Lipinski definition) is 1. The number of benzene rings is 2. The van der Waals surface area contributed by atoms with E-state index in [0.717, 1.165) is 11.4 Å². The molecular weight excluding hydrogens is 282 g/mol. The molecule has 3 aromatic rings. The fourth-order valence-corrected chi connectivity index (χ4v) is 3.86. The van der Waals surface area contributed by atoms with Gasteiger partial charge in [0, 0.05) is 5.56 Å². The lowest BCUT2D eigenvalue weighted by Gasteiger charge is -2.47. The molecule has 1 aliphatic heterocycles. The van der Waals surface area contributed by atoms with Crippen molar-refractivity contribution in [3.63, 3.8) is 0 Å². The summed E-state index contributed by atoms with van der Waals surface area (Å²) in [4.78, 5) is 0. The zero-order chi connectivity index (χ0) is 15.4. The third-order valence-corrected chi connectivity index (χ3v) is 4.94. The van der Waals surface area contributed by atoms with Crippen molar-refractivity contribution < 1.29 is 4.74 Å². The largest absolute Gasteiger partial charge is 0.480 e. The summed E-state index contributed by atoms with van der Waals surface area (Å²) in [5.41, 5.74) is 5.54. The number of rotatable bonds is 0. The van der Waals surface area contributed by atoms with Crippen LogP contribution >= 0.6 is 0 Å². The van der Waals surface area contributed by atoms with Gasteiger partial charge in [0.1, 0.15) is 11.2 Å². The molecule has 0 amide bonds. The van der Waals surface area contributed by atoms with E-state index >= 15 is 0 Å². The molecule has 0 spiro atoms. The van der Waals surface area contributed by atoms with Gasteiger partial charge in [-0.2, -0.15) is 0 Å². The Morgan fingerprint density at radius 3 is 2.70 bits per heavy atom. The van der Waals surface area contributed by atoms with Gasteiger partial charge in [-0.05, 0) is 41.8 Å². The molecule has 2 heteroatoms. The van der Waals surface area contributed by atoms with Gasteiger partial charge in [0.05, 0.1) is 0 Å². The van der Waals surface area contributed by atoms with Crippen molar-refractivity contribution in [3.05, 3.63) is 83.9 Å². The summed E-state index contributed by atoms with van der Waals surface area (Å²) >= 11 is 0. The number of anilines is 1. The molecule has 0 aromatic heterocycles. The van der Waals surface area contributed by atoms with E-state index in [4.69, 9.17) is 4.74 Å². The van der Waals surface area contributed by atoms with E-state index in [2.05, 4.69) is 72.9 Å². The lowest BCUT2D eigenvalue weighted by molar-refractivity contribution is 0.117. The Morgan fingerprint density at radius 1 is 1.00 bits per heavy atom. The molecule has 1 unspecified atom stereocenters. The Kier molecular flexibility index (Phi) is 2.36. The number of hydrogen-bond acceptors (Lipinski definition) is 2. The van der Waals surface area contributed by atoms with Crippen LogP contribution in [0.5, 0.6) is 5.75 Å². The van der Waals surface area contributed by atoms with Crippen LogP contribution in [-0.4, -0.2) is 0 Å². The molecule has 2 nitrogen and oxygen atoms in total. The predicted molar refractivity (Wildman–Crippen MR) is 90.3 cm³/mol. The molecule has 0 radical (unpaired) electrons. The fourth-order valence-electron chi connectivity index (χ4n) is 3.86. The minimum absolute atomic E-state index is 0.0723. The highest BCUT2D eigenvalue weighted by atomic mass is 16.5. The Labute approximate surface area is 135 Å². The van der Waals surface area contributed by atoms with Crippen LogP contribution in [0.3, 0.4) is 0 Å². The van der Waals surface area contributed by atoms with Crippen LogP contribution in [0.1, 0.15) is 24.2 Å². The first-order chi connectivity index (χ1) is 11.3. The first kappa shape index (κ1) is 12.6. The van der Waals surface area contributed by atoms with Gasteiger partial charge in [-0.15, -0.1) is 0 Å². The molecule has 0 bridgehead atoms. The van der Waals surface area contributed by atoms with Gasteiger partial charge in [0.15, 0.2) is 11.9 Å². The van der Waals surface area contributed by atoms with Gasteiger partial charge in [-0.3, -0.25) is 0 Å². The maximum Gasteiger partial charge on any atom is 0.152 e. The first-order valence-electron chi connectivity index (χ1n) is 7.83. The second-order valence-electron chi connectivity index (χ2n) is 6.30. The summed E-state index contributed by atoms with van der Waals surface area (Å²) in [6, 6.07) is 27.0. The van der Waals surface area contributed by atoms with Gasteiger partial charge in [0.25, 0.3) is 0 Å². The van der Waals surface area contributed by atoms with E-state index in [1.807, 2.05) is 12.1 Å². The van der Waals surface area contributed by atoms with Gasteiger partial charge in [0.2, 0.25) is 0 Å². The van der Waals surface area contributed by atoms with Gasteiger partial charge in [-0.1, -0.05) is 54.6 Å². The van der Waals surface area contributed by atoms with Gasteiger partial charge < -0.3 is 10.1 Å². The third-order valence-electron chi connectivity index (χ3n) is 4.94. The molecular formula is C21H15NO. The van der Waals surface area contributed by atoms with Crippen molar-refractivity contribution in [3.8, 4) is 16.9 Å². The Morgan fingerprint density at radius 2 is 1.78 bits per heavy atom. The molecule has 0 fully saturated rings. The van der Waals surface area contributed by atoms with Crippen LogP contribution in [0.2, 0.25) is 0 Å². The lowest BCUT2D eigenvalue weighted by Crippen LogP contribution is -2.46. The highest BCUT2D eigenvalue weighted by Crippen LogP contribution is 2.54. The van der Waals surface area contributed by atoms with Crippen LogP contribution in [0.25, 0.3) is 11.1 Å². The highest BCUT2D eigenvalue weighted by Gasteiger charge is 2.47. The average Bonchev–Trinajstić information content (AvgIpc) is 2.61. The van der Waals surface area contributed by atoms with Crippen molar-refractivity contribution in [2.45, 2.75) is 18.6 Å². The van der Waals surface area contributed by atoms with Crippen LogP contribution in [-0.2, 0) is 5.54 Å². The third kappa shape index (κ3) is 1.59. The molecule has 1 aliphatic carbocycles. The summed E-state index contributed by atoms with van der Waals surface area (Å²) < 4.78 is 6.41. The molecule has 1 N–H and O–H groups in total.